The smallest absolute Gasteiger partial charge is 0.237 e. The zero-order valence-corrected chi connectivity index (χ0v) is 15.5. The molecule has 0 aromatic rings. The molecule has 9 heteroatoms. The first-order valence-electron chi connectivity index (χ1n) is 9.03. The van der Waals surface area contributed by atoms with Crippen molar-refractivity contribution in [1.82, 2.24) is 15.1 Å². The number of nitriles is 1. The zero-order valence-electron chi connectivity index (χ0n) is 14.6. The molecule has 3 rings (SSSR count). The molecule has 1 saturated heterocycles. The van der Waals surface area contributed by atoms with Crippen LogP contribution < -0.4 is 5.32 Å². The van der Waals surface area contributed by atoms with E-state index in [0.717, 1.165) is 31.1 Å². The van der Waals surface area contributed by atoms with Crippen LogP contribution in [-0.4, -0.2) is 61.1 Å². The van der Waals surface area contributed by atoms with Crippen LogP contribution in [0.5, 0.6) is 0 Å². The molecule has 1 aliphatic carbocycles. The molecule has 142 valence electrons. The van der Waals surface area contributed by atoms with Crippen molar-refractivity contribution in [2.24, 2.45) is 5.92 Å². The molecule has 0 aromatic heterocycles. The third kappa shape index (κ3) is 4.24. The Morgan fingerprint density at radius 3 is 2.54 bits per heavy atom. The molecule has 2 fully saturated rings. The molecule has 3 aliphatic rings. The summed E-state index contributed by atoms with van der Waals surface area (Å²) in [6.45, 7) is 0.862. The van der Waals surface area contributed by atoms with Crippen LogP contribution >= 0.6 is 0 Å². The molecule has 0 bridgehead atoms. The van der Waals surface area contributed by atoms with Gasteiger partial charge in [0.25, 0.3) is 0 Å². The van der Waals surface area contributed by atoms with Crippen molar-refractivity contribution in [3.8, 4) is 6.07 Å². The predicted octanol–water partition coefficient (Wildman–Crippen LogP) is 0.335. The second-order valence-electron chi connectivity index (χ2n) is 7.19. The van der Waals surface area contributed by atoms with Crippen molar-refractivity contribution in [3.05, 3.63) is 11.6 Å². The molecule has 8 nitrogen and oxygen atoms in total. The van der Waals surface area contributed by atoms with Crippen LogP contribution in [0.4, 0.5) is 0 Å². The summed E-state index contributed by atoms with van der Waals surface area (Å²) in [5.74, 6) is -0.595. The molecule has 2 amide bonds. The van der Waals surface area contributed by atoms with E-state index in [0.29, 0.717) is 19.4 Å². The SMILES string of the molecule is N#C[C@@H]1CCCN1C(=O)CNC1CCC(C(=O)N2C=CS(=O)(=O)C2)CC1. The average molecular weight is 380 g/mol. The molecule has 1 N–H and O–H groups in total. The molecule has 0 radical (unpaired) electrons. The number of sulfone groups is 1. The van der Waals surface area contributed by atoms with Gasteiger partial charge in [-0.25, -0.2) is 8.42 Å². The summed E-state index contributed by atoms with van der Waals surface area (Å²) in [7, 11) is -3.28. The molecule has 0 unspecified atom stereocenters. The van der Waals surface area contributed by atoms with Crippen LogP contribution in [-0.2, 0) is 19.4 Å². The lowest BCUT2D eigenvalue weighted by Gasteiger charge is -2.30. The normalized spacial score (nSPS) is 30.3. The minimum absolute atomic E-state index is 0.0420. The van der Waals surface area contributed by atoms with Crippen molar-refractivity contribution < 1.29 is 18.0 Å². The first-order valence-corrected chi connectivity index (χ1v) is 10.7. The van der Waals surface area contributed by atoms with E-state index in [4.69, 9.17) is 5.26 Å². The first-order chi connectivity index (χ1) is 12.4. The molecule has 2 heterocycles. The van der Waals surface area contributed by atoms with E-state index in [2.05, 4.69) is 11.4 Å². The van der Waals surface area contributed by atoms with E-state index in [1.165, 1.54) is 11.1 Å². The maximum atomic E-state index is 12.4. The van der Waals surface area contributed by atoms with Crippen LogP contribution in [0, 0.1) is 17.2 Å². The lowest BCUT2D eigenvalue weighted by Crippen LogP contribution is -2.45. The Balaban J connectivity index is 1.41. The van der Waals surface area contributed by atoms with Crippen molar-refractivity contribution in [3.63, 3.8) is 0 Å². The summed E-state index contributed by atoms with van der Waals surface area (Å²) >= 11 is 0. The molecule has 26 heavy (non-hydrogen) atoms. The zero-order chi connectivity index (χ0) is 18.7. The Hall–Kier alpha value is -1.92. The summed E-state index contributed by atoms with van der Waals surface area (Å²) in [6.07, 6.45) is 5.88. The van der Waals surface area contributed by atoms with Crippen LogP contribution in [0.15, 0.2) is 11.6 Å². The number of nitrogens with one attached hydrogen (secondary N) is 1. The van der Waals surface area contributed by atoms with Gasteiger partial charge in [0.2, 0.25) is 11.8 Å². The van der Waals surface area contributed by atoms with Gasteiger partial charge in [0, 0.05) is 30.1 Å². The number of carbonyl (C=O) groups excluding carboxylic acids is 2. The summed E-state index contributed by atoms with van der Waals surface area (Å²) in [5, 5.41) is 13.4. The summed E-state index contributed by atoms with van der Waals surface area (Å²) in [6, 6.07) is 2.04. The van der Waals surface area contributed by atoms with Crippen LogP contribution in [0.3, 0.4) is 0 Å². The highest BCUT2D eigenvalue weighted by Gasteiger charge is 2.33. The Morgan fingerprint density at radius 1 is 1.19 bits per heavy atom. The number of hydrogen-bond donors (Lipinski definition) is 1. The van der Waals surface area contributed by atoms with Crippen molar-refractivity contribution in [1.29, 1.82) is 5.26 Å². The minimum Gasteiger partial charge on any atom is -0.326 e. The van der Waals surface area contributed by atoms with Gasteiger partial charge in [-0.15, -0.1) is 0 Å². The standard InChI is InChI=1S/C17H24N4O4S/c18-10-15-2-1-7-21(15)16(22)11-19-14-5-3-13(4-6-14)17(23)20-8-9-26(24,25)12-20/h8-9,13-15,19H,1-7,11-12H2/t13?,14?,15-/m0/s1. The van der Waals surface area contributed by atoms with E-state index < -0.39 is 9.84 Å². The first kappa shape index (κ1) is 18.9. The lowest BCUT2D eigenvalue weighted by atomic mass is 9.85. The average Bonchev–Trinajstić information content (AvgIpc) is 3.25. The molecular formula is C17H24N4O4S. The number of carbonyl (C=O) groups is 2. The fourth-order valence-corrected chi connectivity index (χ4v) is 4.91. The molecule has 1 saturated carbocycles. The van der Waals surface area contributed by atoms with Gasteiger partial charge >= 0.3 is 0 Å². The minimum atomic E-state index is -3.28. The third-order valence-corrected chi connectivity index (χ3v) is 6.57. The Bertz CT molecular complexity index is 734. The highest BCUT2D eigenvalue weighted by molar-refractivity contribution is 7.94. The van der Waals surface area contributed by atoms with Gasteiger partial charge in [-0.2, -0.15) is 5.26 Å². The topological polar surface area (TPSA) is 111 Å². The second kappa shape index (κ2) is 7.76. The fraction of sp³-hybridized carbons (Fsp3) is 0.706. The Morgan fingerprint density at radius 2 is 1.92 bits per heavy atom. The Kier molecular flexibility index (Phi) is 5.63. The molecule has 1 atom stereocenters. The van der Waals surface area contributed by atoms with Gasteiger partial charge in [-0.05, 0) is 38.5 Å². The van der Waals surface area contributed by atoms with Crippen LogP contribution in [0.1, 0.15) is 38.5 Å². The second-order valence-corrected chi connectivity index (χ2v) is 9.04. The van der Waals surface area contributed by atoms with Crippen molar-refractivity contribution >= 4 is 21.7 Å². The van der Waals surface area contributed by atoms with Crippen molar-refractivity contribution in [2.75, 3.05) is 19.0 Å². The highest BCUT2D eigenvalue weighted by Crippen LogP contribution is 2.27. The molecule has 2 aliphatic heterocycles. The number of rotatable bonds is 4. The lowest BCUT2D eigenvalue weighted by molar-refractivity contribution is -0.133. The quantitative estimate of drug-likeness (QED) is 0.753. The van der Waals surface area contributed by atoms with Gasteiger partial charge in [0.15, 0.2) is 9.84 Å². The van der Waals surface area contributed by atoms with Crippen molar-refractivity contribution in [2.45, 2.75) is 50.6 Å². The van der Waals surface area contributed by atoms with Crippen LogP contribution in [0.25, 0.3) is 0 Å². The Labute approximate surface area is 153 Å². The number of amides is 2. The highest BCUT2D eigenvalue weighted by atomic mass is 32.2. The molecule has 0 aromatic carbocycles. The number of hydrogen-bond acceptors (Lipinski definition) is 6. The maximum Gasteiger partial charge on any atom is 0.237 e. The molecule has 0 spiro atoms. The predicted molar refractivity (Wildman–Crippen MR) is 93.9 cm³/mol. The van der Waals surface area contributed by atoms with Gasteiger partial charge in [0.1, 0.15) is 11.9 Å². The maximum absolute atomic E-state index is 12.4. The number of nitrogens with zero attached hydrogens (tertiary/aromatic N) is 3. The fourth-order valence-electron chi connectivity index (χ4n) is 3.89. The van der Waals surface area contributed by atoms with Gasteiger partial charge in [-0.1, -0.05) is 0 Å². The summed E-state index contributed by atoms with van der Waals surface area (Å²) in [4.78, 5) is 27.6. The van der Waals surface area contributed by atoms with Gasteiger partial charge in [0.05, 0.1) is 12.6 Å². The summed E-state index contributed by atoms with van der Waals surface area (Å²) in [5.41, 5.74) is 0. The van der Waals surface area contributed by atoms with E-state index >= 15 is 0 Å². The monoisotopic (exact) mass is 380 g/mol. The van der Waals surface area contributed by atoms with E-state index in [1.807, 2.05) is 0 Å². The van der Waals surface area contributed by atoms with E-state index in [1.54, 1.807) is 4.90 Å². The largest absolute Gasteiger partial charge is 0.326 e. The van der Waals surface area contributed by atoms with E-state index in [9.17, 15) is 18.0 Å². The van der Waals surface area contributed by atoms with Crippen LogP contribution in [0.2, 0.25) is 0 Å². The van der Waals surface area contributed by atoms with Gasteiger partial charge in [-0.3, -0.25) is 9.59 Å². The third-order valence-electron chi connectivity index (χ3n) is 5.39. The number of likely N-dealkylation sites (tertiary alicyclic amines) is 1. The van der Waals surface area contributed by atoms with E-state index in [-0.39, 0.29) is 42.2 Å². The van der Waals surface area contributed by atoms with Gasteiger partial charge < -0.3 is 15.1 Å². The summed E-state index contributed by atoms with van der Waals surface area (Å²) < 4.78 is 22.9. The molecular weight excluding hydrogens is 356 g/mol.